The number of hydrogen-bond acceptors (Lipinski definition) is 4. The van der Waals surface area contributed by atoms with Gasteiger partial charge in [-0.05, 0) is 38.3 Å². The Kier molecular flexibility index (Phi) is 3.22. The zero-order valence-electron chi connectivity index (χ0n) is 10.2. The Labute approximate surface area is 101 Å². The highest BCUT2D eigenvalue weighted by Gasteiger charge is 2.20. The first-order valence-corrected chi connectivity index (χ1v) is 5.84. The average Bonchev–Trinajstić information content (AvgIpc) is 2.28. The van der Waals surface area contributed by atoms with Gasteiger partial charge in [0.05, 0.1) is 24.0 Å². The summed E-state index contributed by atoms with van der Waals surface area (Å²) in [5.41, 5.74) is 7.80. The fraction of sp³-hybridized carbons (Fsp3) is 0.462. The number of benzene rings is 1. The Balaban J connectivity index is 2.33. The van der Waals surface area contributed by atoms with Crippen LogP contribution in [0.4, 0.5) is 5.69 Å². The number of carbonyl (C=O) groups excluding carboxylic acids is 1. The summed E-state index contributed by atoms with van der Waals surface area (Å²) in [6, 6.07) is 3.61. The zero-order chi connectivity index (χ0) is 12.4. The van der Waals surface area contributed by atoms with Gasteiger partial charge in [-0.1, -0.05) is 6.07 Å². The molecule has 4 heteroatoms. The molecule has 0 saturated heterocycles. The quantitative estimate of drug-likeness (QED) is 0.630. The number of ether oxygens (including phenoxy) is 2. The fourth-order valence-corrected chi connectivity index (χ4v) is 1.90. The van der Waals surface area contributed by atoms with E-state index >= 15 is 0 Å². The third kappa shape index (κ3) is 2.35. The molecule has 2 rings (SSSR count). The van der Waals surface area contributed by atoms with Crippen molar-refractivity contribution in [3.63, 3.8) is 0 Å². The van der Waals surface area contributed by atoms with Crippen molar-refractivity contribution in [1.82, 2.24) is 0 Å². The van der Waals surface area contributed by atoms with Gasteiger partial charge in [0.15, 0.2) is 0 Å². The molecule has 0 spiro atoms. The van der Waals surface area contributed by atoms with Gasteiger partial charge in [-0.25, -0.2) is 4.79 Å². The van der Waals surface area contributed by atoms with E-state index in [4.69, 9.17) is 15.2 Å². The second-order valence-corrected chi connectivity index (χ2v) is 4.42. The van der Waals surface area contributed by atoms with Gasteiger partial charge in [0.25, 0.3) is 0 Å². The summed E-state index contributed by atoms with van der Waals surface area (Å²) >= 11 is 0. The van der Waals surface area contributed by atoms with Crippen LogP contribution in [0.15, 0.2) is 12.1 Å². The third-order valence-electron chi connectivity index (χ3n) is 2.68. The highest BCUT2D eigenvalue weighted by molar-refractivity contribution is 5.97. The third-order valence-corrected chi connectivity index (χ3v) is 2.68. The van der Waals surface area contributed by atoms with Crippen LogP contribution in [0.3, 0.4) is 0 Å². The molecule has 0 atom stereocenters. The maximum atomic E-state index is 11.8. The maximum absolute atomic E-state index is 11.8. The second-order valence-electron chi connectivity index (χ2n) is 4.42. The molecule has 1 aromatic rings. The van der Waals surface area contributed by atoms with Crippen molar-refractivity contribution in [2.75, 3.05) is 12.3 Å². The Morgan fingerprint density at radius 2 is 2.24 bits per heavy atom. The average molecular weight is 235 g/mol. The molecule has 4 nitrogen and oxygen atoms in total. The number of nitrogen functional groups attached to an aromatic ring is 1. The molecule has 1 aliphatic rings. The van der Waals surface area contributed by atoms with E-state index in [0.29, 0.717) is 23.6 Å². The van der Waals surface area contributed by atoms with E-state index in [1.54, 1.807) is 6.07 Å². The summed E-state index contributed by atoms with van der Waals surface area (Å²) in [5.74, 6) is 0.254. The first kappa shape index (κ1) is 11.8. The van der Waals surface area contributed by atoms with Crippen LogP contribution in [0.5, 0.6) is 5.75 Å². The van der Waals surface area contributed by atoms with E-state index in [1.807, 2.05) is 19.9 Å². The highest BCUT2D eigenvalue weighted by atomic mass is 16.5. The fourth-order valence-electron chi connectivity index (χ4n) is 1.90. The predicted octanol–water partition coefficient (Wildman–Crippen LogP) is 2.16. The number of aryl methyl sites for hydroxylation is 1. The molecule has 0 bridgehead atoms. The number of nitrogens with two attached hydrogens (primary N) is 1. The molecule has 0 aromatic heterocycles. The van der Waals surface area contributed by atoms with Crippen molar-refractivity contribution in [1.29, 1.82) is 0 Å². The molecular formula is C13H17NO3. The lowest BCUT2D eigenvalue weighted by Gasteiger charge is -2.20. The monoisotopic (exact) mass is 235 g/mol. The van der Waals surface area contributed by atoms with Crippen LogP contribution in [0.1, 0.15) is 36.2 Å². The second kappa shape index (κ2) is 4.65. The van der Waals surface area contributed by atoms with Crippen molar-refractivity contribution >= 4 is 11.7 Å². The van der Waals surface area contributed by atoms with E-state index < -0.39 is 5.97 Å². The Morgan fingerprint density at radius 1 is 1.47 bits per heavy atom. The molecule has 1 aromatic carbocycles. The van der Waals surface area contributed by atoms with E-state index in [2.05, 4.69) is 0 Å². The first-order valence-electron chi connectivity index (χ1n) is 5.84. The highest BCUT2D eigenvalue weighted by Crippen LogP contribution is 2.34. The number of esters is 1. The van der Waals surface area contributed by atoms with Crippen molar-refractivity contribution in [3.05, 3.63) is 23.3 Å². The van der Waals surface area contributed by atoms with Gasteiger partial charge in [-0.15, -0.1) is 0 Å². The summed E-state index contributed by atoms with van der Waals surface area (Å²) in [6.07, 6.45) is 1.78. The number of anilines is 1. The maximum Gasteiger partial charge on any atom is 0.340 e. The van der Waals surface area contributed by atoms with Crippen molar-refractivity contribution in [3.8, 4) is 5.75 Å². The molecule has 0 saturated carbocycles. The minimum Gasteiger partial charge on any atom is -0.491 e. The largest absolute Gasteiger partial charge is 0.491 e. The van der Waals surface area contributed by atoms with Crippen LogP contribution in [0.2, 0.25) is 0 Å². The van der Waals surface area contributed by atoms with Crippen molar-refractivity contribution < 1.29 is 14.3 Å². The number of fused-ring (bicyclic) bond motifs is 1. The van der Waals surface area contributed by atoms with Crippen molar-refractivity contribution in [2.45, 2.75) is 32.8 Å². The first-order chi connectivity index (χ1) is 8.09. The Morgan fingerprint density at radius 3 is 2.94 bits per heavy atom. The number of hydrogen-bond donors (Lipinski definition) is 1. The van der Waals surface area contributed by atoms with E-state index in [1.165, 1.54) is 0 Å². The van der Waals surface area contributed by atoms with Gasteiger partial charge < -0.3 is 15.2 Å². The normalized spacial score (nSPS) is 14.1. The van der Waals surface area contributed by atoms with Gasteiger partial charge in [-0.2, -0.15) is 0 Å². The Hall–Kier alpha value is -1.71. The lowest BCUT2D eigenvalue weighted by Crippen LogP contribution is -2.16. The molecule has 17 heavy (non-hydrogen) atoms. The smallest absolute Gasteiger partial charge is 0.340 e. The summed E-state index contributed by atoms with van der Waals surface area (Å²) in [6.45, 7) is 4.27. The summed E-state index contributed by atoms with van der Waals surface area (Å²) in [4.78, 5) is 11.8. The lowest BCUT2D eigenvalue weighted by molar-refractivity contribution is 0.0378. The van der Waals surface area contributed by atoms with E-state index in [9.17, 15) is 4.79 Å². The van der Waals surface area contributed by atoms with Crippen LogP contribution in [0.25, 0.3) is 0 Å². The van der Waals surface area contributed by atoms with Gasteiger partial charge in [0.2, 0.25) is 0 Å². The molecule has 2 N–H and O–H groups in total. The summed E-state index contributed by atoms with van der Waals surface area (Å²) < 4.78 is 10.7. The minimum atomic E-state index is -0.394. The number of rotatable bonds is 2. The molecule has 1 aliphatic heterocycles. The van der Waals surface area contributed by atoms with Gasteiger partial charge in [0.1, 0.15) is 5.75 Å². The molecule has 92 valence electrons. The Bertz CT molecular complexity index is 441. The van der Waals surface area contributed by atoms with Crippen LogP contribution in [-0.2, 0) is 11.2 Å². The lowest BCUT2D eigenvalue weighted by atomic mass is 10.0. The summed E-state index contributed by atoms with van der Waals surface area (Å²) in [5, 5.41) is 0. The zero-order valence-corrected chi connectivity index (χ0v) is 10.2. The molecule has 1 heterocycles. The summed E-state index contributed by atoms with van der Waals surface area (Å²) in [7, 11) is 0. The molecular weight excluding hydrogens is 218 g/mol. The molecule has 0 amide bonds. The van der Waals surface area contributed by atoms with E-state index in [-0.39, 0.29) is 6.10 Å². The van der Waals surface area contributed by atoms with Crippen LogP contribution in [0, 0.1) is 0 Å². The molecule has 0 aliphatic carbocycles. The van der Waals surface area contributed by atoms with Crippen LogP contribution < -0.4 is 10.5 Å². The molecule has 0 fully saturated rings. The van der Waals surface area contributed by atoms with Crippen LogP contribution >= 0.6 is 0 Å². The molecule has 0 unspecified atom stereocenters. The van der Waals surface area contributed by atoms with Gasteiger partial charge in [-0.3, -0.25) is 0 Å². The van der Waals surface area contributed by atoms with E-state index in [0.717, 1.165) is 18.4 Å². The molecule has 0 radical (unpaired) electrons. The SMILES string of the molecule is CC(C)OC(=O)c1ccc2c(c1N)OCCC2. The standard InChI is InChI=1S/C13H17NO3/c1-8(2)17-13(15)10-6-5-9-4-3-7-16-12(9)11(10)14/h5-6,8H,3-4,7,14H2,1-2H3. The van der Waals surface area contributed by atoms with Gasteiger partial charge >= 0.3 is 5.97 Å². The predicted molar refractivity (Wildman–Crippen MR) is 65.2 cm³/mol. The van der Waals surface area contributed by atoms with Crippen LogP contribution in [-0.4, -0.2) is 18.7 Å². The van der Waals surface area contributed by atoms with Gasteiger partial charge in [0, 0.05) is 0 Å². The van der Waals surface area contributed by atoms with Crippen molar-refractivity contribution in [2.24, 2.45) is 0 Å². The number of carbonyl (C=O) groups is 1. The minimum absolute atomic E-state index is 0.154. The topological polar surface area (TPSA) is 61.5 Å².